The summed E-state index contributed by atoms with van der Waals surface area (Å²) in [5.74, 6) is 0.311. The van der Waals surface area contributed by atoms with Crippen molar-refractivity contribution in [1.29, 1.82) is 0 Å². The maximum absolute atomic E-state index is 12.2. The maximum atomic E-state index is 12.2. The zero-order valence-corrected chi connectivity index (χ0v) is 11.6. The molecule has 0 aromatic carbocycles. The molecule has 6 heteroatoms. The number of likely N-dealkylation sites (tertiary alicyclic amines) is 1. The minimum Gasteiger partial charge on any atom is -0.394 e. The molecule has 0 spiro atoms. The van der Waals surface area contributed by atoms with Crippen LogP contribution in [0.3, 0.4) is 0 Å². The fraction of sp³-hybridized carbons (Fsp3) is 0.538. The highest BCUT2D eigenvalue weighted by Gasteiger charge is 2.31. The molecule has 2 atom stereocenters. The van der Waals surface area contributed by atoms with Crippen LogP contribution in [-0.2, 0) is 0 Å². The number of anilines is 1. The number of urea groups is 1. The first-order valence-electron chi connectivity index (χ1n) is 6.42. The number of aliphatic hydroxyl groups excluding tert-OH is 1. The molecular weight excluding hydrogens is 266 g/mol. The van der Waals surface area contributed by atoms with Crippen molar-refractivity contribution in [1.82, 2.24) is 9.88 Å². The smallest absolute Gasteiger partial charge is 0.322 e. The average Bonchev–Trinajstić information content (AvgIpc) is 2.38. The Morgan fingerprint density at radius 2 is 2.47 bits per heavy atom. The van der Waals surface area contributed by atoms with E-state index >= 15 is 0 Å². The van der Waals surface area contributed by atoms with Crippen molar-refractivity contribution >= 4 is 23.3 Å². The van der Waals surface area contributed by atoms with E-state index in [4.69, 9.17) is 11.6 Å². The predicted molar refractivity (Wildman–Crippen MR) is 74.2 cm³/mol. The lowest BCUT2D eigenvalue weighted by atomic mass is 9.91. The number of nitrogens with one attached hydrogen (secondary N) is 1. The summed E-state index contributed by atoms with van der Waals surface area (Å²) in [6.07, 6.45) is 3.54. The van der Waals surface area contributed by atoms with Crippen molar-refractivity contribution in [3.8, 4) is 0 Å². The van der Waals surface area contributed by atoms with E-state index in [1.807, 2.05) is 0 Å². The average molecular weight is 284 g/mol. The van der Waals surface area contributed by atoms with Gasteiger partial charge < -0.3 is 15.3 Å². The Balaban J connectivity index is 2.06. The van der Waals surface area contributed by atoms with Crippen LogP contribution >= 0.6 is 11.6 Å². The van der Waals surface area contributed by atoms with Crippen molar-refractivity contribution < 1.29 is 9.90 Å². The minimum atomic E-state index is -0.201. The highest BCUT2D eigenvalue weighted by molar-refractivity contribution is 6.29. The number of hydrogen-bond acceptors (Lipinski definition) is 3. The number of amides is 2. The van der Waals surface area contributed by atoms with Crippen molar-refractivity contribution in [2.75, 3.05) is 18.5 Å². The number of aliphatic hydroxyl groups is 1. The van der Waals surface area contributed by atoms with Gasteiger partial charge in [-0.15, -0.1) is 0 Å². The lowest BCUT2D eigenvalue weighted by molar-refractivity contribution is 0.0811. The van der Waals surface area contributed by atoms with Crippen LogP contribution in [0.25, 0.3) is 0 Å². The molecule has 1 aromatic rings. The number of aromatic nitrogens is 1. The van der Waals surface area contributed by atoms with Gasteiger partial charge in [0.05, 0.1) is 12.6 Å². The zero-order chi connectivity index (χ0) is 13.8. The van der Waals surface area contributed by atoms with Gasteiger partial charge in [-0.25, -0.2) is 9.78 Å². The molecule has 1 aromatic heterocycles. The van der Waals surface area contributed by atoms with Gasteiger partial charge >= 0.3 is 6.03 Å². The summed E-state index contributed by atoms with van der Waals surface area (Å²) in [6, 6.07) is 2.96. The summed E-state index contributed by atoms with van der Waals surface area (Å²) < 4.78 is 0. The third-order valence-electron chi connectivity index (χ3n) is 3.54. The number of carbonyl (C=O) groups excluding carboxylic acids is 1. The summed E-state index contributed by atoms with van der Waals surface area (Å²) in [5, 5.41) is 12.6. The van der Waals surface area contributed by atoms with Gasteiger partial charge in [-0.2, -0.15) is 0 Å². The lowest BCUT2D eigenvalue weighted by Gasteiger charge is -2.38. The van der Waals surface area contributed by atoms with Gasteiger partial charge in [0.2, 0.25) is 0 Å². The molecule has 2 rings (SSSR count). The number of pyridine rings is 1. The van der Waals surface area contributed by atoms with Crippen LogP contribution in [0.4, 0.5) is 10.5 Å². The van der Waals surface area contributed by atoms with E-state index in [0.29, 0.717) is 23.3 Å². The Hall–Kier alpha value is -1.33. The molecule has 19 heavy (non-hydrogen) atoms. The lowest BCUT2D eigenvalue weighted by Crippen LogP contribution is -2.51. The van der Waals surface area contributed by atoms with Crippen LogP contribution in [-0.4, -0.2) is 40.2 Å². The highest BCUT2D eigenvalue weighted by atomic mass is 35.5. The Bertz CT molecular complexity index is 455. The third kappa shape index (κ3) is 3.36. The molecule has 0 aliphatic carbocycles. The molecule has 2 heterocycles. The normalized spacial score (nSPS) is 23.2. The number of hydrogen-bond donors (Lipinski definition) is 2. The number of halogens is 1. The molecule has 2 amide bonds. The van der Waals surface area contributed by atoms with E-state index in [-0.39, 0.29) is 18.7 Å². The van der Waals surface area contributed by atoms with Gasteiger partial charge in [0.25, 0.3) is 0 Å². The fourth-order valence-corrected chi connectivity index (χ4v) is 2.63. The van der Waals surface area contributed by atoms with Gasteiger partial charge in [0.1, 0.15) is 5.15 Å². The number of piperidine rings is 1. The van der Waals surface area contributed by atoms with Crippen molar-refractivity contribution in [2.45, 2.75) is 25.8 Å². The SMILES string of the molecule is CC1CCCN(C(=O)Nc2ccnc(Cl)c2)C1CO. The molecule has 0 bridgehead atoms. The Labute approximate surface area is 117 Å². The highest BCUT2D eigenvalue weighted by Crippen LogP contribution is 2.24. The predicted octanol–water partition coefficient (Wildman–Crippen LogP) is 2.36. The van der Waals surface area contributed by atoms with Crippen LogP contribution in [0, 0.1) is 5.92 Å². The second kappa shape index (κ2) is 6.21. The van der Waals surface area contributed by atoms with E-state index in [0.717, 1.165) is 12.8 Å². The summed E-state index contributed by atoms with van der Waals surface area (Å²) in [7, 11) is 0. The van der Waals surface area contributed by atoms with Crippen molar-refractivity contribution in [3.63, 3.8) is 0 Å². The molecule has 1 saturated heterocycles. The molecular formula is C13H18ClN3O2. The van der Waals surface area contributed by atoms with Gasteiger partial charge in [-0.3, -0.25) is 0 Å². The summed E-state index contributed by atoms with van der Waals surface area (Å²) >= 11 is 5.78. The third-order valence-corrected chi connectivity index (χ3v) is 3.75. The van der Waals surface area contributed by atoms with Crippen LogP contribution in [0.15, 0.2) is 18.3 Å². The summed E-state index contributed by atoms with van der Waals surface area (Å²) in [4.78, 5) is 17.8. The molecule has 2 N–H and O–H groups in total. The van der Waals surface area contributed by atoms with Crippen LogP contribution in [0.2, 0.25) is 5.15 Å². The standard InChI is InChI=1S/C13H18ClN3O2/c1-9-3-2-6-17(11(9)8-18)13(19)16-10-4-5-15-12(14)7-10/h4-5,7,9,11,18H,2-3,6,8H2,1H3,(H,15,16,19). The maximum Gasteiger partial charge on any atom is 0.322 e. The van der Waals surface area contributed by atoms with Crippen LogP contribution in [0.1, 0.15) is 19.8 Å². The van der Waals surface area contributed by atoms with E-state index in [2.05, 4.69) is 17.2 Å². The molecule has 104 valence electrons. The largest absolute Gasteiger partial charge is 0.394 e. The van der Waals surface area contributed by atoms with Gasteiger partial charge in [0.15, 0.2) is 0 Å². The van der Waals surface area contributed by atoms with E-state index in [1.54, 1.807) is 23.2 Å². The topological polar surface area (TPSA) is 65.5 Å². The van der Waals surface area contributed by atoms with E-state index in [1.165, 1.54) is 0 Å². The molecule has 2 unspecified atom stereocenters. The number of nitrogens with zero attached hydrogens (tertiary/aromatic N) is 2. The molecule has 1 aliphatic heterocycles. The molecule has 0 radical (unpaired) electrons. The van der Waals surface area contributed by atoms with Gasteiger partial charge in [-0.1, -0.05) is 18.5 Å². The molecule has 5 nitrogen and oxygen atoms in total. The number of rotatable bonds is 2. The zero-order valence-electron chi connectivity index (χ0n) is 10.8. The monoisotopic (exact) mass is 283 g/mol. The van der Waals surface area contributed by atoms with E-state index < -0.39 is 0 Å². The number of carbonyl (C=O) groups is 1. The second-order valence-corrected chi connectivity index (χ2v) is 5.25. The molecule has 1 aliphatic rings. The van der Waals surface area contributed by atoms with Gasteiger partial charge in [0, 0.05) is 18.4 Å². The Morgan fingerprint density at radius 3 is 3.16 bits per heavy atom. The van der Waals surface area contributed by atoms with Crippen molar-refractivity contribution in [2.24, 2.45) is 5.92 Å². The summed E-state index contributed by atoms with van der Waals surface area (Å²) in [5.41, 5.74) is 0.611. The van der Waals surface area contributed by atoms with Crippen LogP contribution < -0.4 is 5.32 Å². The molecule has 0 saturated carbocycles. The van der Waals surface area contributed by atoms with E-state index in [9.17, 15) is 9.90 Å². The molecule has 1 fully saturated rings. The first kappa shape index (κ1) is 14.1. The van der Waals surface area contributed by atoms with Crippen LogP contribution in [0.5, 0.6) is 0 Å². The fourth-order valence-electron chi connectivity index (χ4n) is 2.46. The Kier molecular flexibility index (Phi) is 4.61. The van der Waals surface area contributed by atoms with Gasteiger partial charge in [-0.05, 0) is 30.9 Å². The quantitative estimate of drug-likeness (QED) is 0.819. The first-order chi connectivity index (χ1) is 9.11. The van der Waals surface area contributed by atoms with Crippen molar-refractivity contribution in [3.05, 3.63) is 23.5 Å². The first-order valence-corrected chi connectivity index (χ1v) is 6.79. The minimum absolute atomic E-state index is 0.00825. The Morgan fingerprint density at radius 1 is 1.68 bits per heavy atom. The summed E-state index contributed by atoms with van der Waals surface area (Å²) in [6.45, 7) is 2.72. The second-order valence-electron chi connectivity index (χ2n) is 4.86.